The minimum absolute atomic E-state index is 0.0744. The Kier molecular flexibility index (Phi) is 3.27. The second-order valence-electron chi connectivity index (χ2n) is 3.88. The third kappa shape index (κ3) is 2.11. The summed E-state index contributed by atoms with van der Waals surface area (Å²) in [6, 6.07) is -0.0744. The van der Waals surface area contributed by atoms with Gasteiger partial charge in [0.25, 0.3) is 0 Å². The van der Waals surface area contributed by atoms with Gasteiger partial charge in [-0.2, -0.15) is 0 Å². The van der Waals surface area contributed by atoms with Crippen molar-refractivity contribution in [2.24, 2.45) is 5.73 Å². The minimum Gasteiger partial charge on any atom is -0.322 e. The fourth-order valence-electron chi connectivity index (χ4n) is 1.23. The maximum atomic E-state index is 5.76. The van der Waals surface area contributed by atoms with Gasteiger partial charge in [0.05, 0.1) is 11.7 Å². The van der Waals surface area contributed by atoms with Crippen molar-refractivity contribution < 1.29 is 0 Å². The fourth-order valence-corrected chi connectivity index (χ4v) is 2.91. The van der Waals surface area contributed by atoms with Crippen molar-refractivity contribution in [1.82, 2.24) is 19.8 Å². The van der Waals surface area contributed by atoms with Crippen LogP contribution in [0.1, 0.15) is 43.4 Å². The molecule has 2 N–H and O–H groups in total. The highest BCUT2D eigenvalue weighted by Crippen LogP contribution is 2.33. The SMILES string of the molecule is CC(C)c1nnsc1-c1nnc(C(C)N)s1. The van der Waals surface area contributed by atoms with E-state index in [1.165, 1.54) is 22.9 Å². The molecule has 86 valence electrons. The molecule has 2 aromatic rings. The van der Waals surface area contributed by atoms with Crippen LogP contribution in [0.5, 0.6) is 0 Å². The number of hydrogen-bond donors (Lipinski definition) is 1. The molecule has 0 radical (unpaired) electrons. The lowest BCUT2D eigenvalue weighted by Crippen LogP contribution is -2.03. The molecule has 7 heteroatoms. The summed E-state index contributed by atoms with van der Waals surface area (Å²) in [5.74, 6) is 0.344. The molecule has 0 saturated carbocycles. The van der Waals surface area contributed by atoms with Gasteiger partial charge >= 0.3 is 0 Å². The number of nitrogens with zero attached hydrogens (tertiary/aromatic N) is 4. The molecule has 0 aliphatic heterocycles. The van der Waals surface area contributed by atoms with E-state index < -0.39 is 0 Å². The molecule has 0 bridgehead atoms. The highest BCUT2D eigenvalue weighted by molar-refractivity contribution is 7.19. The molecule has 0 amide bonds. The minimum atomic E-state index is -0.0744. The molecule has 1 atom stereocenters. The molecule has 2 heterocycles. The molecule has 16 heavy (non-hydrogen) atoms. The van der Waals surface area contributed by atoms with Crippen molar-refractivity contribution in [1.29, 1.82) is 0 Å². The first kappa shape index (κ1) is 11.6. The highest BCUT2D eigenvalue weighted by atomic mass is 32.1. The molecule has 0 aliphatic carbocycles. The average molecular weight is 255 g/mol. The zero-order chi connectivity index (χ0) is 11.7. The lowest BCUT2D eigenvalue weighted by molar-refractivity contribution is 0.786. The molecule has 0 spiro atoms. The van der Waals surface area contributed by atoms with Crippen LogP contribution in [0.3, 0.4) is 0 Å². The van der Waals surface area contributed by atoms with Crippen LogP contribution in [0, 0.1) is 0 Å². The largest absolute Gasteiger partial charge is 0.322 e. The molecular formula is C9H13N5S2. The maximum absolute atomic E-state index is 5.76. The topological polar surface area (TPSA) is 77.6 Å². The Morgan fingerprint density at radius 2 is 1.88 bits per heavy atom. The Morgan fingerprint density at radius 3 is 2.44 bits per heavy atom. The third-order valence-corrected chi connectivity index (χ3v) is 4.10. The van der Waals surface area contributed by atoms with Gasteiger partial charge in [0, 0.05) is 0 Å². The Labute approximate surface area is 102 Å². The Bertz CT molecular complexity index is 474. The zero-order valence-corrected chi connectivity index (χ0v) is 11.0. The van der Waals surface area contributed by atoms with E-state index in [-0.39, 0.29) is 6.04 Å². The lowest BCUT2D eigenvalue weighted by atomic mass is 10.1. The van der Waals surface area contributed by atoms with E-state index in [0.29, 0.717) is 5.92 Å². The first-order chi connectivity index (χ1) is 7.59. The quantitative estimate of drug-likeness (QED) is 0.909. The van der Waals surface area contributed by atoms with Gasteiger partial charge in [-0.3, -0.25) is 0 Å². The third-order valence-electron chi connectivity index (χ3n) is 2.08. The number of nitrogens with two attached hydrogens (primary N) is 1. The van der Waals surface area contributed by atoms with Gasteiger partial charge in [-0.25, -0.2) is 0 Å². The van der Waals surface area contributed by atoms with Crippen LogP contribution in [-0.2, 0) is 0 Å². The first-order valence-electron chi connectivity index (χ1n) is 5.01. The van der Waals surface area contributed by atoms with Crippen molar-refractivity contribution in [2.45, 2.75) is 32.7 Å². The van der Waals surface area contributed by atoms with Crippen LogP contribution < -0.4 is 5.73 Å². The highest BCUT2D eigenvalue weighted by Gasteiger charge is 2.18. The lowest BCUT2D eigenvalue weighted by Gasteiger charge is -1.99. The Hall–Kier alpha value is -0.920. The summed E-state index contributed by atoms with van der Waals surface area (Å²) < 4.78 is 3.97. The molecule has 1 unspecified atom stereocenters. The summed E-state index contributed by atoms with van der Waals surface area (Å²) in [6.07, 6.45) is 0. The molecule has 2 rings (SSSR count). The van der Waals surface area contributed by atoms with Gasteiger partial charge in [-0.15, -0.1) is 15.3 Å². The van der Waals surface area contributed by atoms with Gasteiger partial charge in [-0.1, -0.05) is 29.7 Å². The van der Waals surface area contributed by atoms with Crippen LogP contribution in [0.15, 0.2) is 0 Å². The van der Waals surface area contributed by atoms with E-state index in [1.807, 2.05) is 6.92 Å². The summed E-state index contributed by atoms with van der Waals surface area (Å²) in [5, 5.41) is 14.0. The van der Waals surface area contributed by atoms with E-state index in [1.54, 1.807) is 0 Å². The molecule has 5 nitrogen and oxygen atoms in total. The molecule has 0 aliphatic rings. The Balaban J connectivity index is 2.39. The van der Waals surface area contributed by atoms with E-state index in [9.17, 15) is 0 Å². The number of hydrogen-bond acceptors (Lipinski definition) is 7. The fraction of sp³-hybridized carbons (Fsp3) is 0.556. The standard InChI is InChI=1S/C9H13N5S2/c1-4(2)6-7(16-14-11-6)9-13-12-8(15-9)5(3)10/h4-5H,10H2,1-3H3. The van der Waals surface area contributed by atoms with E-state index >= 15 is 0 Å². The van der Waals surface area contributed by atoms with Gasteiger partial charge in [0.15, 0.2) is 5.01 Å². The van der Waals surface area contributed by atoms with E-state index in [0.717, 1.165) is 20.6 Å². The monoisotopic (exact) mass is 255 g/mol. The molecule has 2 aromatic heterocycles. The van der Waals surface area contributed by atoms with Gasteiger partial charge < -0.3 is 5.73 Å². The summed E-state index contributed by atoms with van der Waals surface area (Å²) in [4.78, 5) is 1.01. The molecule has 0 saturated heterocycles. The van der Waals surface area contributed by atoms with Crippen molar-refractivity contribution in [2.75, 3.05) is 0 Å². The van der Waals surface area contributed by atoms with Gasteiger partial charge in [0.2, 0.25) is 0 Å². The smallest absolute Gasteiger partial charge is 0.161 e. The maximum Gasteiger partial charge on any atom is 0.161 e. The van der Waals surface area contributed by atoms with Crippen LogP contribution >= 0.6 is 22.9 Å². The molecular weight excluding hydrogens is 242 g/mol. The van der Waals surface area contributed by atoms with Crippen molar-refractivity contribution in [3.8, 4) is 9.88 Å². The molecule has 0 aromatic carbocycles. The summed E-state index contributed by atoms with van der Waals surface area (Å²) in [7, 11) is 0. The second kappa shape index (κ2) is 4.52. The van der Waals surface area contributed by atoms with Crippen molar-refractivity contribution >= 4 is 22.9 Å². The van der Waals surface area contributed by atoms with Crippen LogP contribution in [-0.4, -0.2) is 19.8 Å². The predicted octanol–water partition coefficient (Wildman–Crippen LogP) is 2.20. The Morgan fingerprint density at radius 1 is 1.12 bits per heavy atom. The van der Waals surface area contributed by atoms with E-state index in [4.69, 9.17) is 5.73 Å². The van der Waals surface area contributed by atoms with E-state index in [2.05, 4.69) is 33.6 Å². The number of rotatable bonds is 3. The van der Waals surface area contributed by atoms with Crippen molar-refractivity contribution in [3.63, 3.8) is 0 Å². The second-order valence-corrected chi connectivity index (χ2v) is 5.64. The number of aromatic nitrogens is 4. The summed E-state index contributed by atoms with van der Waals surface area (Å²) in [5.41, 5.74) is 6.74. The average Bonchev–Trinajstić information content (AvgIpc) is 2.86. The first-order valence-corrected chi connectivity index (χ1v) is 6.60. The van der Waals surface area contributed by atoms with Crippen LogP contribution in [0.4, 0.5) is 0 Å². The van der Waals surface area contributed by atoms with Crippen molar-refractivity contribution in [3.05, 3.63) is 10.7 Å². The zero-order valence-electron chi connectivity index (χ0n) is 9.34. The van der Waals surface area contributed by atoms with Crippen LogP contribution in [0.2, 0.25) is 0 Å². The normalized spacial score (nSPS) is 13.3. The molecule has 0 fully saturated rings. The predicted molar refractivity (Wildman–Crippen MR) is 65.5 cm³/mol. The van der Waals surface area contributed by atoms with Crippen LogP contribution in [0.25, 0.3) is 9.88 Å². The summed E-state index contributed by atoms with van der Waals surface area (Å²) >= 11 is 2.88. The summed E-state index contributed by atoms with van der Waals surface area (Å²) in [6.45, 7) is 6.08. The van der Waals surface area contributed by atoms with Gasteiger partial charge in [-0.05, 0) is 24.4 Å². The van der Waals surface area contributed by atoms with Gasteiger partial charge in [0.1, 0.15) is 9.88 Å².